The molecule has 0 aliphatic heterocycles. The largest absolute Gasteiger partial charge is 0.478 e. The van der Waals surface area contributed by atoms with Crippen LogP contribution in [0.25, 0.3) is 0 Å². The summed E-state index contributed by atoms with van der Waals surface area (Å²) in [6.45, 7) is 0.315. The maximum atomic E-state index is 11.7. The molecule has 0 saturated carbocycles. The van der Waals surface area contributed by atoms with Gasteiger partial charge in [0, 0.05) is 15.5 Å². The summed E-state index contributed by atoms with van der Waals surface area (Å²) in [5.41, 5.74) is 2.94. The zero-order chi connectivity index (χ0) is 14.5. The van der Waals surface area contributed by atoms with Crippen molar-refractivity contribution in [3.8, 4) is 0 Å². The van der Waals surface area contributed by atoms with Crippen molar-refractivity contribution in [2.24, 2.45) is 0 Å². The van der Waals surface area contributed by atoms with E-state index in [1.165, 1.54) is 23.5 Å². The van der Waals surface area contributed by atoms with Crippen molar-refractivity contribution >= 4 is 45.0 Å². The number of anilines is 1. The molecule has 1 aromatic heterocycles. The maximum absolute atomic E-state index is 11.7. The highest BCUT2D eigenvalue weighted by Gasteiger charge is 2.08. The van der Waals surface area contributed by atoms with E-state index in [4.69, 9.17) is 5.11 Å². The maximum Gasteiger partial charge on any atom is 0.335 e. The van der Waals surface area contributed by atoms with Gasteiger partial charge in [-0.3, -0.25) is 0 Å². The highest BCUT2D eigenvalue weighted by Crippen LogP contribution is 2.19. The fourth-order valence-corrected chi connectivity index (χ4v) is 2.51. The van der Waals surface area contributed by atoms with E-state index >= 15 is 0 Å². The third-order valence-electron chi connectivity index (χ3n) is 2.32. The van der Waals surface area contributed by atoms with Crippen molar-refractivity contribution in [2.45, 2.75) is 6.54 Å². The quantitative estimate of drug-likeness (QED) is 0.786. The first-order valence-electron chi connectivity index (χ1n) is 5.50. The molecule has 0 fully saturated rings. The molecule has 104 valence electrons. The van der Waals surface area contributed by atoms with Crippen molar-refractivity contribution < 1.29 is 14.7 Å². The minimum absolute atomic E-state index is 0.0918. The number of nitrogens with zero attached hydrogens (tertiary/aromatic N) is 1. The van der Waals surface area contributed by atoms with E-state index in [1.54, 1.807) is 11.6 Å². The number of thiazole rings is 1. The molecule has 0 radical (unpaired) electrons. The summed E-state index contributed by atoms with van der Waals surface area (Å²) < 4.78 is 0.576. The van der Waals surface area contributed by atoms with E-state index in [1.807, 2.05) is 5.38 Å². The van der Waals surface area contributed by atoms with Crippen molar-refractivity contribution in [1.82, 2.24) is 10.3 Å². The van der Waals surface area contributed by atoms with Crippen LogP contribution in [-0.2, 0) is 6.54 Å². The van der Waals surface area contributed by atoms with E-state index < -0.39 is 12.0 Å². The van der Waals surface area contributed by atoms with Gasteiger partial charge < -0.3 is 15.7 Å². The number of nitrogens with one attached hydrogen (secondary N) is 2. The molecular weight excluding hydrogens is 346 g/mol. The van der Waals surface area contributed by atoms with E-state index in [9.17, 15) is 9.59 Å². The van der Waals surface area contributed by atoms with Gasteiger partial charge in [-0.15, -0.1) is 11.3 Å². The molecular formula is C12H10BrN3O3S. The summed E-state index contributed by atoms with van der Waals surface area (Å²) in [7, 11) is 0. The Balaban J connectivity index is 1.98. The average Bonchev–Trinajstić information content (AvgIpc) is 2.88. The van der Waals surface area contributed by atoms with Crippen LogP contribution in [0.15, 0.2) is 33.6 Å². The Hall–Kier alpha value is -1.93. The molecule has 3 N–H and O–H groups in total. The lowest BCUT2D eigenvalue weighted by atomic mass is 10.2. The van der Waals surface area contributed by atoms with Gasteiger partial charge in [-0.1, -0.05) is 15.9 Å². The number of benzene rings is 1. The van der Waals surface area contributed by atoms with Crippen molar-refractivity contribution in [2.75, 3.05) is 5.32 Å². The van der Waals surface area contributed by atoms with Crippen molar-refractivity contribution in [1.29, 1.82) is 0 Å². The van der Waals surface area contributed by atoms with Crippen LogP contribution in [0, 0.1) is 0 Å². The Morgan fingerprint density at radius 3 is 2.80 bits per heavy atom. The Kier molecular flexibility index (Phi) is 4.70. The summed E-state index contributed by atoms with van der Waals surface area (Å²) in [5, 5.41) is 16.0. The van der Waals surface area contributed by atoms with E-state index in [0.717, 1.165) is 5.69 Å². The number of hydrogen-bond acceptors (Lipinski definition) is 4. The van der Waals surface area contributed by atoms with Crippen LogP contribution < -0.4 is 10.6 Å². The molecule has 0 atom stereocenters. The molecule has 1 heterocycles. The lowest BCUT2D eigenvalue weighted by molar-refractivity contribution is 0.0697. The number of aromatic nitrogens is 1. The van der Waals surface area contributed by atoms with Gasteiger partial charge in [0.2, 0.25) is 0 Å². The number of carboxylic acids is 1. The SMILES string of the molecule is O=C(NCc1cscn1)Nc1cc(Br)cc(C(=O)O)c1. The molecule has 0 bridgehead atoms. The van der Waals surface area contributed by atoms with E-state index in [-0.39, 0.29) is 5.56 Å². The predicted octanol–water partition coefficient (Wildman–Crippen LogP) is 2.93. The molecule has 0 saturated heterocycles. The van der Waals surface area contributed by atoms with Crippen molar-refractivity contribution in [3.63, 3.8) is 0 Å². The molecule has 2 aromatic rings. The molecule has 2 rings (SSSR count). The molecule has 0 aliphatic rings. The number of halogens is 1. The molecule has 0 aliphatic carbocycles. The number of aromatic carboxylic acids is 1. The van der Waals surface area contributed by atoms with Crippen LogP contribution in [-0.4, -0.2) is 22.1 Å². The highest BCUT2D eigenvalue weighted by atomic mass is 79.9. The van der Waals surface area contributed by atoms with Crippen LogP contribution >= 0.6 is 27.3 Å². The van der Waals surface area contributed by atoms with Crippen LogP contribution in [0.4, 0.5) is 10.5 Å². The van der Waals surface area contributed by atoms with Gasteiger partial charge in [-0.25, -0.2) is 14.6 Å². The Bertz CT molecular complexity index is 631. The van der Waals surface area contributed by atoms with E-state index in [2.05, 4.69) is 31.5 Å². The number of hydrogen-bond donors (Lipinski definition) is 3. The average molecular weight is 356 g/mol. The summed E-state index contributed by atoms with van der Waals surface area (Å²) >= 11 is 4.65. The Morgan fingerprint density at radius 2 is 2.15 bits per heavy atom. The van der Waals surface area contributed by atoms with E-state index in [0.29, 0.717) is 16.7 Å². The van der Waals surface area contributed by atoms with Crippen LogP contribution in [0.3, 0.4) is 0 Å². The van der Waals surface area contributed by atoms with Gasteiger partial charge in [0.15, 0.2) is 0 Å². The number of amides is 2. The Morgan fingerprint density at radius 1 is 1.35 bits per heavy atom. The van der Waals surface area contributed by atoms with Crippen LogP contribution in [0.1, 0.15) is 16.1 Å². The molecule has 0 spiro atoms. The lowest BCUT2D eigenvalue weighted by Gasteiger charge is -2.08. The number of urea groups is 1. The smallest absolute Gasteiger partial charge is 0.335 e. The molecule has 2 amide bonds. The third kappa shape index (κ3) is 4.04. The summed E-state index contributed by atoms with van der Waals surface area (Å²) in [4.78, 5) is 26.6. The second-order valence-electron chi connectivity index (χ2n) is 3.82. The van der Waals surface area contributed by atoms with Gasteiger partial charge in [-0.2, -0.15) is 0 Å². The van der Waals surface area contributed by atoms with Gasteiger partial charge >= 0.3 is 12.0 Å². The zero-order valence-electron chi connectivity index (χ0n) is 10.1. The standard InChI is InChI=1S/C12H10BrN3O3S/c13-8-1-7(11(17)18)2-9(3-8)16-12(19)14-4-10-5-20-6-15-10/h1-3,5-6H,4H2,(H,17,18)(H2,14,16,19). The van der Waals surface area contributed by atoms with Gasteiger partial charge in [0.05, 0.1) is 23.3 Å². The summed E-state index contributed by atoms with van der Waals surface area (Å²) in [5.74, 6) is -1.06. The molecule has 20 heavy (non-hydrogen) atoms. The molecule has 1 aromatic carbocycles. The first kappa shape index (κ1) is 14.5. The minimum atomic E-state index is -1.06. The van der Waals surface area contributed by atoms with Crippen molar-refractivity contribution in [3.05, 3.63) is 44.8 Å². The third-order valence-corrected chi connectivity index (χ3v) is 3.41. The van der Waals surface area contributed by atoms with Gasteiger partial charge in [0.25, 0.3) is 0 Å². The monoisotopic (exact) mass is 355 g/mol. The Labute approximate surface area is 127 Å². The van der Waals surface area contributed by atoms with Gasteiger partial charge in [0.1, 0.15) is 0 Å². The fourth-order valence-electron chi connectivity index (χ4n) is 1.46. The fraction of sp³-hybridized carbons (Fsp3) is 0.0833. The second-order valence-corrected chi connectivity index (χ2v) is 5.46. The zero-order valence-corrected chi connectivity index (χ0v) is 12.5. The summed E-state index contributed by atoms with van der Waals surface area (Å²) in [6, 6.07) is 4.04. The lowest BCUT2D eigenvalue weighted by Crippen LogP contribution is -2.28. The number of carboxylic acid groups (broad SMARTS) is 1. The minimum Gasteiger partial charge on any atom is -0.478 e. The number of carbonyl (C=O) groups excluding carboxylic acids is 1. The normalized spacial score (nSPS) is 10.1. The molecule has 0 unspecified atom stereocenters. The topological polar surface area (TPSA) is 91.3 Å². The first-order chi connectivity index (χ1) is 9.54. The second kappa shape index (κ2) is 6.49. The van der Waals surface area contributed by atoms with Gasteiger partial charge in [-0.05, 0) is 18.2 Å². The molecule has 6 nitrogen and oxygen atoms in total. The van der Waals surface area contributed by atoms with Crippen LogP contribution in [0.5, 0.6) is 0 Å². The predicted molar refractivity (Wildman–Crippen MR) is 79.1 cm³/mol. The first-order valence-corrected chi connectivity index (χ1v) is 7.24. The molecule has 8 heteroatoms. The van der Waals surface area contributed by atoms with Crippen LogP contribution in [0.2, 0.25) is 0 Å². The number of rotatable bonds is 4. The summed E-state index contributed by atoms with van der Waals surface area (Å²) in [6.07, 6.45) is 0. The highest BCUT2D eigenvalue weighted by molar-refractivity contribution is 9.10. The number of carbonyl (C=O) groups is 2.